The molecule has 122 valence electrons. The Morgan fingerprint density at radius 2 is 2.00 bits per heavy atom. The van der Waals surface area contributed by atoms with Crippen molar-refractivity contribution in [2.24, 2.45) is 29.1 Å². The van der Waals surface area contributed by atoms with Crippen molar-refractivity contribution >= 4 is 17.4 Å². The van der Waals surface area contributed by atoms with Crippen LogP contribution < -0.4 is 0 Å². The van der Waals surface area contributed by atoms with Gasteiger partial charge in [-0.15, -0.1) is 0 Å². The second-order valence-electron chi connectivity index (χ2n) is 8.17. The molecule has 0 aromatic rings. The molecule has 0 spiro atoms. The molecule has 2 nitrogen and oxygen atoms in total. The topological polar surface area (TPSA) is 40.9 Å². The lowest BCUT2D eigenvalue weighted by molar-refractivity contribution is -0.116. The van der Waals surface area contributed by atoms with Gasteiger partial charge in [-0.1, -0.05) is 24.1 Å². The van der Waals surface area contributed by atoms with E-state index in [0.717, 1.165) is 31.1 Å². The van der Waals surface area contributed by atoms with Crippen LogP contribution in [0.15, 0.2) is 22.3 Å². The van der Waals surface area contributed by atoms with Gasteiger partial charge in [-0.05, 0) is 79.6 Å². The van der Waals surface area contributed by atoms with E-state index in [1.165, 1.54) is 36.8 Å². The first kappa shape index (κ1) is 15.5. The van der Waals surface area contributed by atoms with Gasteiger partial charge in [-0.2, -0.15) is 5.26 Å². The number of nitrogens with zero attached hydrogens (tertiary/aromatic N) is 1. The summed E-state index contributed by atoms with van der Waals surface area (Å²) in [7, 11) is 0. The highest BCUT2D eigenvalue weighted by molar-refractivity contribution is 6.43. The largest absolute Gasteiger partial charge is 0.293 e. The molecule has 0 unspecified atom stereocenters. The van der Waals surface area contributed by atoms with Crippen LogP contribution in [0, 0.1) is 40.4 Å². The van der Waals surface area contributed by atoms with Gasteiger partial charge in [0.2, 0.25) is 0 Å². The third kappa shape index (κ3) is 2.16. The first-order chi connectivity index (χ1) is 11.1. The number of carbonyl (C=O) groups excluding carboxylic acids is 1. The number of carbonyl (C=O) groups is 1. The molecule has 0 saturated heterocycles. The molecule has 23 heavy (non-hydrogen) atoms. The van der Waals surface area contributed by atoms with Gasteiger partial charge in [-0.25, -0.2) is 0 Å². The van der Waals surface area contributed by atoms with Crippen molar-refractivity contribution < 1.29 is 4.79 Å². The number of Topliss-reactive ketones (excluding diaryl/α,β-unsaturated/α-hetero) is 1. The zero-order chi connectivity index (χ0) is 16.2. The van der Waals surface area contributed by atoms with Crippen molar-refractivity contribution in [1.82, 2.24) is 0 Å². The molecule has 0 heterocycles. The van der Waals surface area contributed by atoms with Crippen molar-refractivity contribution in [3.8, 4) is 6.07 Å². The standard InChI is InChI=1S/C20H24ClNO/c1-20-10-8-14-13-5-7-18(23)19(21)16(13)4-3-15(14)17(20)6-2-12(20)9-11-22/h9,13-15,17H,2-8,10H2,1H3/b12-9-/t13-,14-,15-,17+,20-/m1/s1. The average Bonchev–Trinajstić information content (AvgIpc) is 2.88. The second kappa shape index (κ2) is 5.49. The number of fused-ring (bicyclic) bond motifs is 5. The normalized spacial score (nSPS) is 44.6. The van der Waals surface area contributed by atoms with Gasteiger partial charge in [0.05, 0.1) is 11.1 Å². The van der Waals surface area contributed by atoms with Crippen LogP contribution in [-0.2, 0) is 4.79 Å². The molecule has 0 aromatic heterocycles. The maximum atomic E-state index is 11.9. The predicted molar refractivity (Wildman–Crippen MR) is 90.6 cm³/mol. The number of hydrogen-bond donors (Lipinski definition) is 0. The van der Waals surface area contributed by atoms with E-state index in [1.807, 2.05) is 6.08 Å². The molecule has 0 aromatic carbocycles. The van der Waals surface area contributed by atoms with Crippen LogP contribution in [0.1, 0.15) is 58.3 Å². The third-order valence-corrected chi connectivity index (χ3v) is 7.95. The zero-order valence-electron chi connectivity index (χ0n) is 13.8. The molecule has 0 amide bonds. The van der Waals surface area contributed by atoms with Gasteiger partial charge in [0.15, 0.2) is 5.78 Å². The van der Waals surface area contributed by atoms with E-state index < -0.39 is 0 Å². The maximum absolute atomic E-state index is 11.9. The van der Waals surface area contributed by atoms with Crippen molar-refractivity contribution in [1.29, 1.82) is 5.26 Å². The molecule has 5 atom stereocenters. The average molecular weight is 330 g/mol. The summed E-state index contributed by atoms with van der Waals surface area (Å²) in [5, 5.41) is 9.67. The molecule has 3 saturated carbocycles. The molecule has 0 aliphatic heterocycles. The molecule has 0 N–H and O–H groups in total. The van der Waals surface area contributed by atoms with Gasteiger partial charge in [0.1, 0.15) is 0 Å². The van der Waals surface area contributed by atoms with Crippen molar-refractivity contribution in [2.75, 3.05) is 0 Å². The lowest BCUT2D eigenvalue weighted by Crippen LogP contribution is -2.45. The minimum atomic E-state index is 0.164. The Kier molecular flexibility index (Phi) is 3.69. The number of rotatable bonds is 0. The van der Waals surface area contributed by atoms with E-state index in [0.29, 0.717) is 23.3 Å². The summed E-state index contributed by atoms with van der Waals surface area (Å²) < 4.78 is 0. The molecular formula is C20H24ClNO. The quantitative estimate of drug-likeness (QED) is 0.577. The molecule has 3 fully saturated rings. The van der Waals surface area contributed by atoms with Gasteiger partial charge in [0.25, 0.3) is 0 Å². The van der Waals surface area contributed by atoms with Crippen molar-refractivity contribution in [3.05, 3.63) is 22.3 Å². The summed E-state index contributed by atoms with van der Waals surface area (Å²) in [6.07, 6.45) is 10.4. The Hall–Kier alpha value is -1.07. The van der Waals surface area contributed by atoms with Gasteiger partial charge >= 0.3 is 0 Å². The van der Waals surface area contributed by atoms with Crippen LogP contribution >= 0.6 is 11.6 Å². The first-order valence-corrected chi connectivity index (χ1v) is 9.45. The Balaban J connectivity index is 1.66. The van der Waals surface area contributed by atoms with E-state index in [4.69, 9.17) is 16.9 Å². The van der Waals surface area contributed by atoms with Crippen LogP contribution in [0.4, 0.5) is 0 Å². The van der Waals surface area contributed by atoms with Crippen LogP contribution in [0.5, 0.6) is 0 Å². The first-order valence-electron chi connectivity index (χ1n) is 9.07. The van der Waals surface area contributed by atoms with Crippen LogP contribution in [0.25, 0.3) is 0 Å². The number of hydrogen-bond acceptors (Lipinski definition) is 2. The minimum Gasteiger partial charge on any atom is -0.293 e. The van der Waals surface area contributed by atoms with Crippen LogP contribution in [-0.4, -0.2) is 5.78 Å². The molecule has 4 rings (SSSR count). The van der Waals surface area contributed by atoms with Gasteiger partial charge < -0.3 is 0 Å². The highest BCUT2D eigenvalue weighted by Gasteiger charge is 2.54. The summed E-state index contributed by atoms with van der Waals surface area (Å²) in [4.78, 5) is 11.9. The fourth-order valence-electron chi connectivity index (χ4n) is 6.40. The van der Waals surface area contributed by atoms with Crippen molar-refractivity contribution in [2.45, 2.75) is 58.3 Å². The summed E-state index contributed by atoms with van der Waals surface area (Å²) in [5.41, 5.74) is 2.91. The van der Waals surface area contributed by atoms with Crippen molar-refractivity contribution in [3.63, 3.8) is 0 Å². The number of ketones is 1. The molecule has 0 radical (unpaired) electrons. The number of allylic oxidation sites excluding steroid dienone is 3. The van der Waals surface area contributed by atoms with Crippen LogP contribution in [0.2, 0.25) is 0 Å². The maximum Gasteiger partial charge on any atom is 0.174 e. The van der Waals surface area contributed by atoms with E-state index in [2.05, 4.69) is 13.0 Å². The second-order valence-corrected chi connectivity index (χ2v) is 8.55. The van der Waals surface area contributed by atoms with E-state index >= 15 is 0 Å². The number of halogens is 1. The lowest BCUT2D eigenvalue weighted by Gasteiger charge is -2.53. The summed E-state index contributed by atoms with van der Waals surface area (Å²) >= 11 is 6.36. The van der Waals surface area contributed by atoms with Crippen LogP contribution in [0.3, 0.4) is 0 Å². The summed E-state index contributed by atoms with van der Waals surface area (Å²) in [6.45, 7) is 2.40. The van der Waals surface area contributed by atoms with E-state index in [-0.39, 0.29) is 11.2 Å². The summed E-state index contributed by atoms with van der Waals surface area (Å²) in [6, 6.07) is 2.27. The Morgan fingerprint density at radius 1 is 1.17 bits per heavy atom. The monoisotopic (exact) mass is 329 g/mol. The molecule has 4 aliphatic rings. The Labute approximate surface area is 143 Å². The van der Waals surface area contributed by atoms with E-state index in [9.17, 15) is 4.79 Å². The van der Waals surface area contributed by atoms with E-state index in [1.54, 1.807) is 0 Å². The van der Waals surface area contributed by atoms with Gasteiger partial charge in [0, 0.05) is 12.5 Å². The van der Waals surface area contributed by atoms with Gasteiger partial charge in [-0.3, -0.25) is 4.79 Å². The zero-order valence-corrected chi connectivity index (χ0v) is 14.5. The molecular weight excluding hydrogens is 306 g/mol. The Bertz CT molecular complexity index is 655. The number of nitriles is 1. The minimum absolute atomic E-state index is 0.164. The predicted octanol–water partition coefficient (Wildman–Crippen LogP) is 5.14. The third-order valence-electron chi connectivity index (χ3n) is 7.50. The molecule has 3 heteroatoms. The summed E-state index contributed by atoms with van der Waals surface area (Å²) in [5.74, 6) is 2.90. The SMILES string of the molecule is C[C@]12CC[C@H]3[C@@H](CCC4=C(Cl)C(=O)CC[C@@H]43)[C@@H]1CC/C2=C/C#N. The highest BCUT2D eigenvalue weighted by Crippen LogP contribution is 2.63. The highest BCUT2D eigenvalue weighted by atomic mass is 35.5. The molecule has 4 aliphatic carbocycles. The smallest absolute Gasteiger partial charge is 0.174 e. The fourth-order valence-corrected chi connectivity index (χ4v) is 6.73. The Morgan fingerprint density at radius 3 is 2.78 bits per heavy atom. The fraction of sp³-hybridized carbons (Fsp3) is 0.700. The lowest BCUT2D eigenvalue weighted by atomic mass is 9.52. The molecule has 0 bridgehead atoms.